The van der Waals surface area contributed by atoms with Crippen molar-refractivity contribution in [2.24, 2.45) is 0 Å². The zero-order valence-electron chi connectivity index (χ0n) is 10.1. The minimum absolute atomic E-state index is 0.0129. The molecule has 94 valence electrons. The van der Waals surface area contributed by atoms with E-state index >= 15 is 0 Å². The number of aliphatic hydroxyl groups excluding tert-OH is 1. The second-order valence-corrected chi connectivity index (χ2v) is 4.26. The number of hydrogen-bond acceptors (Lipinski definition) is 3. The topological polar surface area (TPSA) is 75.3 Å². The number of rotatable bonds is 6. The predicted octanol–water partition coefficient (Wildman–Crippen LogP) is 1.09. The van der Waals surface area contributed by atoms with Crippen LogP contribution in [0.1, 0.15) is 25.3 Å². The molecule has 1 rings (SSSR count). The van der Waals surface area contributed by atoms with Crippen molar-refractivity contribution >= 4 is 11.6 Å². The molecular formula is C13H20N2O2. The first-order chi connectivity index (χ1) is 8.11. The van der Waals surface area contributed by atoms with E-state index in [4.69, 9.17) is 10.8 Å². The highest BCUT2D eigenvalue weighted by atomic mass is 16.2. The summed E-state index contributed by atoms with van der Waals surface area (Å²) in [6, 6.07) is 7.42. The lowest BCUT2D eigenvalue weighted by Gasteiger charge is -2.13. The summed E-state index contributed by atoms with van der Waals surface area (Å²) in [6.45, 7) is 2.10. The van der Waals surface area contributed by atoms with Gasteiger partial charge in [0.1, 0.15) is 0 Å². The van der Waals surface area contributed by atoms with Crippen molar-refractivity contribution in [2.45, 2.75) is 32.2 Å². The van der Waals surface area contributed by atoms with E-state index in [1.807, 2.05) is 19.1 Å². The van der Waals surface area contributed by atoms with Crippen molar-refractivity contribution in [3.05, 3.63) is 29.8 Å². The number of nitrogens with one attached hydrogen (secondary N) is 1. The molecule has 0 bridgehead atoms. The van der Waals surface area contributed by atoms with Gasteiger partial charge in [-0.15, -0.1) is 0 Å². The van der Waals surface area contributed by atoms with Crippen LogP contribution in [-0.2, 0) is 11.2 Å². The quantitative estimate of drug-likeness (QED) is 0.647. The van der Waals surface area contributed by atoms with Crippen LogP contribution >= 0.6 is 0 Å². The van der Waals surface area contributed by atoms with E-state index in [0.717, 1.165) is 12.0 Å². The molecule has 1 aromatic rings. The van der Waals surface area contributed by atoms with Gasteiger partial charge in [0.05, 0.1) is 6.42 Å². The smallest absolute Gasteiger partial charge is 0.224 e. The van der Waals surface area contributed by atoms with Gasteiger partial charge in [-0.25, -0.2) is 0 Å². The Hall–Kier alpha value is -1.55. The minimum atomic E-state index is -0.0129. The molecule has 1 atom stereocenters. The van der Waals surface area contributed by atoms with Gasteiger partial charge in [0.2, 0.25) is 5.91 Å². The van der Waals surface area contributed by atoms with Crippen LogP contribution in [0.5, 0.6) is 0 Å². The largest absolute Gasteiger partial charge is 0.399 e. The first-order valence-electron chi connectivity index (χ1n) is 5.86. The zero-order chi connectivity index (χ0) is 12.7. The highest BCUT2D eigenvalue weighted by molar-refractivity contribution is 5.79. The normalized spacial score (nSPS) is 12.1. The highest BCUT2D eigenvalue weighted by Crippen LogP contribution is 2.07. The third kappa shape index (κ3) is 5.36. The van der Waals surface area contributed by atoms with Crippen LogP contribution in [0, 0.1) is 0 Å². The first-order valence-corrected chi connectivity index (χ1v) is 5.86. The van der Waals surface area contributed by atoms with E-state index in [2.05, 4.69) is 5.32 Å². The number of aliphatic hydroxyl groups is 1. The molecule has 0 saturated heterocycles. The second-order valence-electron chi connectivity index (χ2n) is 4.26. The molecule has 0 radical (unpaired) electrons. The van der Waals surface area contributed by atoms with Crippen LogP contribution in [0.15, 0.2) is 24.3 Å². The molecule has 4 N–H and O–H groups in total. The SMILES string of the molecule is CC(CCCO)NC(=O)Cc1cccc(N)c1. The van der Waals surface area contributed by atoms with Crippen molar-refractivity contribution < 1.29 is 9.90 Å². The van der Waals surface area contributed by atoms with Crippen LogP contribution in [0.25, 0.3) is 0 Å². The van der Waals surface area contributed by atoms with E-state index in [1.165, 1.54) is 0 Å². The van der Waals surface area contributed by atoms with Crippen LogP contribution < -0.4 is 11.1 Å². The Kier molecular flexibility index (Phi) is 5.49. The van der Waals surface area contributed by atoms with Crippen LogP contribution in [-0.4, -0.2) is 23.7 Å². The summed E-state index contributed by atoms with van der Waals surface area (Å²) in [6.07, 6.45) is 1.84. The summed E-state index contributed by atoms with van der Waals surface area (Å²) >= 11 is 0. The molecule has 0 fully saturated rings. The van der Waals surface area contributed by atoms with Crippen molar-refractivity contribution in [3.63, 3.8) is 0 Å². The molecule has 0 aliphatic carbocycles. The maximum Gasteiger partial charge on any atom is 0.224 e. The van der Waals surface area contributed by atoms with Gasteiger partial charge in [0.15, 0.2) is 0 Å². The maximum atomic E-state index is 11.7. The number of nitrogens with two attached hydrogens (primary N) is 1. The fourth-order valence-corrected chi connectivity index (χ4v) is 1.68. The Morgan fingerprint density at radius 2 is 2.29 bits per heavy atom. The van der Waals surface area contributed by atoms with Crippen LogP contribution in [0.3, 0.4) is 0 Å². The number of amides is 1. The summed E-state index contributed by atoms with van der Waals surface area (Å²) < 4.78 is 0. The number of carbonyl (C=O) groups excluding carboxylic acids is 1. The summed E-state index contributed by atoms with van der Waals surface area (Å²) in [4.78, 5) is 11.7. The summed E-state index contributed by atoms with van der Waals surface area (Å²) in [5, 5.41) is 11.6. The van der Waals surface area contributed by atoms with Crippen molar-refractivity contribution in [3.8, 4) is 0 Å². The Morgan fingerprint density at radius 3 is 2.94 bits per heavy atom. The summed E-state index contributed by atoms with van der Waals surface area (Å²) in [5.41, 5.74) is 7.23. The monoisotopic (exact) mass is 236 g/mol. The number of anilines is 1. The number of benzene rings is 1. The summed E-state index contributed by atoms with van der Waals surface area (Å²) in [5.74, 6) is -0.0129. The lowest BCUT2D eigenvalue weighted by molar-refractivity contribution is -0.121. The average molecular weight is 236 g/mol. The molecule has 1 aromatic carbocycles. The first kappa shape index (κ1) is 13.5. The van der Waals surface area contributed by atoms with E-state index in [9.17, 15) is 4.79 Å². The Balaban J connectivity index is 2.39. The second kappa shape index (κ2) is 6.91. The number of carbonyl (C=O) groups is 1. The van der Waals surface area contributed by atoms with Gasteiger partial charge in [0.25, 0.3) is 0 Å². The third-order valence-electron chi connectivity index (χ3n) is 2.52. The molecule has 17 heavy (non-hydrogen) atoms. The molecule has 4 nitrogen and oxygen atoms in total. The number of nitrogen functional groups attached to an aromatic ring is 1. The zero-order valence-corrected chi connectivity index (χ0v) is 10.1. The predicted molar refractivity (Wildman–Crippen MR) is 68.5 cm³/mol. The third-order valence-corrected chi connectivity index (χ3v) is 2.52. The molecule has 1 unspecified atom stereocenters. The van der Waals surface area contributed by atoms with Gasteiger partial charge in [-0.3, -0.25) is 4.79 Å². The molecule has 0 heterocycles. The fraction of sp³-hybridized carbons (Fsp3) is 0.462. The van der Waals surface area contributed by atoms with Crippen molar-refractivity contribution in [1.82, 2.24) is 5.32 Å². The Bertz CT molecular complexity index is 366. The van der Waals surface area contributed by atoms with Gasteiger partial charge in [-0.05, 0) is 37.5 Å². The Labute approximate surface area is 102 Å². The molecule has 4 heteroatoms. The van der Waals surface area contributed by atoms with E-state index in [0.29, 0.717) is 18.5 Å². The van der Waals surface area contributed by atoms with Crippen LogP contribution in [0.2, 0.25) is 0 Å². The lowest BCUT2D eigenvalue weighted by Crippen LogP contribution is -2.33. The molecule has 1 amide bonds. The number of hydrogen-bond donors (Lipinski definition) is 3. The molecule has 0 aromatic heterocycles. The van der Waals surface area contributed by atoms with Gasteiger partial charge in [-0.1, -0.05) is 12.1 Å². The van der Waals surface area contributed by atoms with Gasteiger partial charge >= 0.3 is 0 Å². The standard InChI is InChI=1S/C13H20N2O2/c1-10(4-3-7-16)15-13(17)9-11-5-2-6-12(14)8-11/h2,5-6,8,10,16H,3-4,7,9,14H2,1H3,(H,15,17). The van der Waals surface area contributed by atoms with Crippen LogP contribution in [0.4, 0.5) is 5.69 Å². The molecule has 0 aliphatic heterocycles. The average Bonchev–Trinajstić information content (AvgIpc) is 2.26. The fourth-order valence-electron chi connectivity index (χ4n) is 1.68. The molecule has 0 aliphatic rings. The maximum absolute atomic E-state index is 11.7. The highest BCUT2D eigenvalue weighted by Gasteiger charge is 2.07. The van der Waals surface area contributed by atoms with Gasteiger partial charge < -0.3 is 16.2 Å². The lowest BCUT2D eigenvalue weighted by atomic mass is 10.1. The van der Waals surface area contributed by atoms with Gasteiger partial charge in [0, 0.05) is 18.3 Å². The molecule has 0 saturated carbocycles. The summed E-state index contributed by atoms with van der Waals surface area (Å²) in [7, 11) is 0. The van der Waals surface area contributed by atoms with E-state index in [-0.39, 0.29) is 18.6 Å². The van der Waals surface area contributed by atoms with Crippen molar-refractivity contribution in [1.29, 1.82) is 0 Å². The Morgan fingerprint density at radius 1 is 1.53 bits per heavy atom. The minimum Gasteiger partial charge on any atom is -0.399 e. The molecule has 0 spiro atoms. The van der Waals surface area contributed by atoms with Crippen molar-refractivity contribution in [2.75, 3.05) is 12.3 Å². The van der Waals surface area contributed by atoms with E-state index in [1.54, 1.807) is 12.1 Å². The van der Waals surface area contributed by atoms with Gasteiger partial charge in [-0.2, -0.15) is 0 Å². The van der Waals surface area contributed by atoms with E-state index < -0.39 is 0 Å². The molecular weight excluding hydrogens is 216 g/mol.